The molecule has 8 bridgehead atoms. The van der Waals surface area contributed by atoms with E-state index in [1.165, 1.54) is 25.6 Å². The van der Waals surface area contributed by atoms with Crippen LogP contribution in [0.2, 0.25) is 15.5 Å². The minimum atomic E-state index is -0.760. The van der Waals surface area contributed by atoms with Crippen LogP contribution in [-0.4, -0.2) is 195 Å². The average Bonchev–Trinajstić information content (AvgIpc) is 1.16. The number of amides is 6. The first-order valence-corrected chi connectivity index (χ1v) is 53.6. The fourth-order valence-corrected chi connectivity index (χ4v) is 27.2. The predicted octanol–water partition coefficient (Wildman–Crippen LogP) is 15.7. The number of aromatic nitrogens is 7. The summed E-state index contributed by atoms with van der Waals surface area (Å²) in [5, 5.41) is 64.6. The van der Waals surface area contributed by atoms with Gasteiger partial charge < -0.3 is 96.9 Å². The second kappa shape index (κ2) is 44.2. The van der Waals surface area contributed by atoms with Crippen molar-refractivity contribution in [1.82, 2.24) is 65.9 Å². The Bertz CT molecular complexity index is 6440. The molecule has 8 aromatic heterocycles. The van der Waals surface area contributed by atoms with E-state index in [1.54, 1.807) is 96.0 Å². The topological polar surface area (TPSA) is 511 Å². The molecule has 1 aliphatic heterocycles. The minimum Gasteiger partial charge on any atom is -0.481 e. The maximum atomic E-state index is 13.5. The van der Waals surface area contributed by atoms with Crippen LogP contribution in [0.5, 0.6) is 0 Å². The fourth-order valence-electron chi connectivity index (χ4n) is 26.8. The lowest BCUT2D eigenvalue weighted by Crippen LogP contribution is -2.71. The molecule has 17 aliphatic rings. The van der Waals surface area contributed by atoms with Crippen molar-refractivity contribution in [3.63, 3.8) is 0 Å². The average molecular weight is 2110 g/mol. The zero-order chi connectivity index (χ0) is 108. The molecule has 0 unspecified atom stereocenters. The maximum Gasteiger partial charge on any atom is 0.514 e. The summed E-state index contributed by atoms with van der Waals surface area (Å²) >= 11 is 18.3. The third-order valence-corrected chi connectivity index (χ3v) is 34.4. The summed E-state index contributed by atoms with van der Waals surface area (Å²) in [7, 11) is 4.37. The van der Waals surface area contributed by atoms with Crippen LogP contribution in [0, 0.1) is 68.0 Å². The second-order valence-corrected chi connectivity index (χ2v) is 47.5. The quantitative estimate of drug-likeness (QED) is 0.0147. The summed E-state index contributed by atoms with van der Waals surface area (Å²) in [6.07, 6.45) is 35.3. The van der Waals surface area contributed by atoms with Crippen molar-refractivity contribution in [2.75, 3.05) is 42.4 Å². The van der Waals surface area contributed by atoms with Crippen LogP contribution >= 0.6 is 34.8 Å². The third kappa shape index (κ3) is 24.2. The van der Waals surface area contributed by atoms with Crippen LogP contribution in [0.1, 0.15) is 320 Å². The Hall–Kier alpha value is -12.3. The third-order valence-electron chi connectivity index (χ3n) is 33.8. The highest BCUT2D eigenvalue weighted by Crippen LogP contribution is 2.73. The van der Waals surface area contributed by atoms with E-state index in [0.29, 0.717) is 117 Å². The second-order valence-electron chi connectivity index (χ2n) is 46.4. The molecular formula is C111H138BCl3N20O15. The van der Waals surface area contributed by atoms with Gasteiger partial charge in [-0.25, -0.2) is 19.5 Å². The highest BCUT2D eigenvalue weighted by atomic mass is 35.5. The van der Waals surface area contributed by atoms with Gasteiger partial charge in [0.05, 0.1) is 108 Å². The molecule has 13 N–H and O–H groups in total. The van der Waals surface area contributed by atoms with Crippen molar-refractivity contribution in [1.29, 1.82) is 10.5 Å². The lowest BCUT2D eigenvalue weighted by molar-refractivity contribution is -0.145. The maximum absolute atomic E-state index is 13.5. The molecule has 16 saturated carbocycles. The number of nitrogens with two attached hydrogens (primary N) is 1. The molecule has 35 nitrogen and oxygen atoms in total. The van der Waals surface area contributed by atoms with Gasteiger partial charge in [-0.15, -0.1) is 0 Å². The Balaban J connectivity index is 0.000000135. The van der Waals surface area contributed by atoms with Crippen LogP contribution in [-0.2, 0) is 47.7 Å². The minimum absolute atomic E-state index is 0.00374. The van der Waals surface area contributed by atoms with Crippen LogP contribution < -0.4 is 64.5 Å². The molecule has 6 amide bonds. The van der Waals surface area contributed by atoms with Gasteiger partial charge in [-0.05, 0) is 338 Å². The number of carboxylic acids is 1. The van der Waals surface area contributed by atoms with Crippen molar-refractivity contribution in [2.24, 2.45) is 51.1 Å². The van der Waals surface area contributed by atoms with Crippen molar-refractivity contribution >= 4 is 152 Å². The fraction of sp³-hybridized carbons (Fsp3) is 0.559. The van der Waals surface area contributed by atoms with Gasteiger partial charge >= 0.3 is 13.1 Å². The largest absolute Gasteiger partial charge is 0.514 e. The molecule has 25 rings (SSSR count). The number of carboxylic acid groups (broad SMARTS) is 1. The monoisotopic (exact) mass is 2110 g/mol. The number of Topliss-reactive ketones (excluding diaryl/α,β-unsaturated/α-hetero) is 5. The highest BCUT2D eigenvalue weighted by molar-refractivity contribution is 6.61. The molecule has 0 radical (unpaired) electrons. The molecular weight excluding hydrogens is 1970 g/mol. The number of nitrogens with zero attached hydrogens (tertiary/aromatic N) is 9. The van der Waals surface area contributed by atoms with Crippen LogP contribution in [0.15, 0.2) is 104 Å². The number of hydrogen-bond acceptors (Lipinski definition) is 26. The van der Waals surface area contributed by atoms with Crippen molar-refractivity contribution in [3.05, 3.63) is 153 Å². The molecule has 1 saturated heterocycles. The Morgan fingerprint density at radius 2 is 0.727 bits per heavy atom. The molecule has 0 spiro atoms. The molecule has 150 heavy (non-hydrogen) atoms. The lowest BCUT2D eigenvalue weighted by atomic mass is 9.38. The molecule has 9 heterocycles. The Kier molecular flexibility index (Phi) is 32.5. The number of rotatable bonds is 30. The van der Waals surface area contributed by atoms with Gasteiger partial charge in [0, 0.05) is 140 Å². The van der Waals surface area contributed by atoms with E-state index in [-0.39, 0.29) is 167 Å². The first-order chi connectivity index (χ1) is 71.2. The number of fused-ring (bicyclic) bond motifs is 2. The highest BCUT2D eigenvalue weighted by Gasteiger charge is 2.71. The van der Waals surface area contributed by atoms with Gasteiger partial charge in [-0.2, -0.15) is 15.6 Å². The van der Waals surface area contributed by atoms with Crippen molar-refractivity contribution in [3.8, 4) is 23.5 Å². The van der Waals surface area contributed by atoms with E-state index < -0.39 is 13.1 Å². The Morgan fingerprint density at radius 3 is 1.05 bits per heavy atom. The van der Waals surface area contributed by atoms with Gasteiger partial charge in [0.2, 0.25) is 11.8 Å². The van der Waals surface area contributed by atoms with Crippen molar-refractivity contribution < 1.29 is 71.9 Å². The summed E-state index contributed by atoms with van der Waals surface area (Å²) in [5.41, 5.74) is 14.1. The van der Waals surface area contributed by atoms with E-state index in [0.717, 1.165) is 188 Å². The van der Waals surface area contributed by atoms with Gasteiger partial charge in [0.1, 0.15) is 50.4 Å². The standard InChI is InChI=1S/C31H34N6O3.C22H29ClN4O3.C22H28ClN3O3.C21H26ClN3O4.C14H16BN3O2.CH5N/c1-19(38)13-30-16-31(17-30,18-30)36-25-12-26(27-8-7-23-11-20(14-32)9-10-37(23)27)34-15-24(25)29(40)35-22-5-3-21(4-6-22)28(39)33-2;1-13(28)8-21-10-22(11-21,12-21)27-17-7-18(23)25-9-16(17)20(30)26-15-5-3-14(4-6-15)19(29)24-2;1-13(27)8-21-10-22(11-21,12-21)26-18-7-19(23)24-9-17(18)20(29)25-16-5-3-15(4-6-16)14(2)28;1-12(26)7-20-9-21(10-20,11-20)25-16-6-17(22)23-8-15(16)18(27)24-14-4-2-13(3-5-14)19(28)29;1-13(2)14(3,4)20-15(19-13)12-6-5-11-7-10(8-16)9-17-18(11)12;1-2/h7-12,15,21-22H,3-6,13,16-18H2,1-2H3,(H,33,39)(H,34,36)(H,35,40);7,9,14-15H,3-6,8,10-12H2,1-2H3,(H,24,29)(H,25,27)(H,26,30);7,9,15-16H,3-6,8,10-12H2,1-2H3,(H,24,26)(H,25,29);6,8,13-14H,2-5,7,9-11H2,1H3,(H,23,25)(H,24,27)(H,28,29);5-7,9H,1-4H3;2H2,1H3. The number of anilines is 4. The van der Waals surface area contributed by atoms with Gasteiger partial charge in [-0.1, -0.05) is 34.8 Å². The SMILES string of the molecule is CC(=O)CC12CC(Nc3cc(Cl)ncc3C(=O)NC3CCC(C(=O)O)CC3)(C1)C2.CC(=O)CC12CC(Nc3cc(Cl)ncc3C(=O)NC3CCC(C(C)=O)CC3)(C1)C2.CC1(C)OB(c2ccc3cc(C#N)cnn23)OC1(C)C.CN.CNC(=O)C1CCC(NC(=O)c2cnc(-c3ccc4cc(C#N)ccn34)cc2NC23CC(CC(C)=O)(C2)C3)CC1.CNC(=O)C1CCC(NC(=O)c2cnc(Cl)cc2NC23CC(CC(C)=O)(C2)C3)CC1. The van der Waals surface area contributed by atoms with Gasteiger partial charge in [-0.3, -0.25) is 43.3 Å². The smallest absolute Gasteiger partial charge is 0.481 e. The zero-order valence-electron chi connectivity index (χ0n) is 87.5. The number of aliphatic carboxylic acids is 1. The molecule has 17 fully saturated rings. The molecule has 39 heteroatoms. The first kappa shape index (κ1) is 110. The number of nitrogens with one attached hydrogen (secondary N) is 10. The van der Waals surface area contributed by atoms with Crippen LogP contribution in [0.4, 0.5) is 22.7 Å². The summed E-state index contributed by atoms with van der Waals surface area (Å²) in [6.45, 7) is 16.3. The molecule has 8 aromatic rings. The molecule has 16 aliphatic carbocycles. The molecule has 0 atom stereocenters. The van der Waals surface area contributed by atoms with E-state index in [2.05, 4.69) is 91.1 Å². The predicted molar refractivity (Wildman–Crippen MR) is 570 cm³/mol. The number of carbonyl (C=O) groups is 12. The summed E-state index contributed by atoms with van der Waals surface area (Å²) in [6, 6.07) is 24.6. The number of halogens is 3. The number of nitriles is 2. The van der Waals surface area contributed by atoms with E-state index in [4.69, 9.17) is 59.5 Å². The Labute approximate surface area is 889 Å². The van der Waals surface area contributed by atoms with E-state index >= 15 is 0 Å². The summed E-state index contributed by atoms with van der Waals surface area (Å²) in [5.74, 6) is -0.319. The van der Waals surface area contributed by atoms with Crippen LogP contribution in [0.3, 0.4) is 0 Å². The number of hydrogen-bond donors (Lipinski definition) is 12. The molecule has 796 valence electrons. The molecule has 0 aromatic carbocycles. The lowest BCUT2D eigenvalue weighted by Gasteiger charge is -2.71. The Morgan fingerprint density at radius 1 is 0.413 bits per heavy atom. The summed E-state index contributed by atoms with van der Waals surface area (Å²) < 4.78 is 15.8. The van der Waals surface area contributed by atoms with E-state index in [9.17, 15) is 62.8 Å². The number of ketones is 5. The number of carbonyl (C=O) groups excluding carboxylic acids is 11. The first-order valence-electron chi connectivity index (χ1n) is 52.5. The van der Waals surface area contributed by atoms with Crippen molar-refractivity contribution in [2.45, 2.75) is 325 Å². The van der Waals surface area contributed by atoms with Gasteiger partial charge in [0.15, 0.2) is 0 Å². The van der Waals surface area contributed by atoms with E-state index in [1.807, 2.05) is 74.7 Å². The van der Waals surface area contributed by atoms with Gasteiger partial charge in [0.25, 0.3) is 23.6 Å². The van der Waals surface area contributed by atoms with Crippen LogP contribution in [0.25, 0.3) is 22.4 Å². The summed E-state index contributed by atoms with van der Waals surface area (Å²) in [4.78, 5) is 162. The normalized spacial score (nSPS) is 28.7. The zero-order valence-corrected chi connectivity index (χ0v) is 89.8. The number of pyridine rings is 5.